The van der Waals surface area contributed by atoms with Gasteiger partial charge in [-0.15, -0.1) is 0 Å². The number of amides is 1. The normalized spacial score (nSPS) is 10.8. The Bertz CT molecular complexity index is 427. The minimum atomic E-state index is -1.28. The van der Waals surface area contributed by atoms with Crippen LogP contribution in [0, 0.1) is 11.8 Å². The standard InChI is InChI=1S/C12H17F2N3O2/c1-17(2)6-8-19-7-5-16-12(18)9-3-4-15-11(14)10(9)13/h3-4H,5-8H2,1-2H3,(H,16,18). The molecule has 0 aliphatic rings. The van der Waals surface area contributed by atoms with Gasteiger partial charge in [0.15, 0.2) is 5.82 Å². The van der Waals surface area contributed by atoms with Gasteiger partial charge in [-0.25, -0.2) is 9.37 Å². The number of hydrogen-bond donors (Lipinski definition) is 1. The number of rotatable bonds is 7. The highest BCUT2D eigenvalue weighted by atomic mass is 19.2. The molecule has 0 unspecified atom stereocenters. The Kier molecular flexibility index (Phi) is 6.31. The first-order valence-electron chi connectivity index (χ1n) is 5.83. The lowest BCUT2D eigenvalue weighted by Crippen LogP contribution is -2.29. The van der Waals surface area contributed by atoms with E-state index >= 15 is 0 Å². The number of nitrogens with one attached hydrogen (secondary N) is 1. The van der Waals surface area contributed by atoms with Gasteiger partial charge in [-0.05, 0) is 20.2 Å². The molecule has 1 N–H and O–H groups in total. The Balaban J connectivity index is 2.30. The minimum Gasteiger partial charge on any atom is -0.378 e. The van der Waals surface area contributed by atoms with Crippen LogP contribution in [0.4, 0.5) is 8.78 Å². The van der Waals surface area contributed by atoms with Crippen LogP contribution in [-0.2, 0) is 4.74 Å². The van der Waals surface area contributed by atoms with Crippen molar-refractivity contribution in [1.82, 2.24) is 15.2 Å². The summed E-state index contributed by atoms with van der Waals surface area (Å²) in [5, 5.41) is 2.44. The smallest absolute Gasteiger partial charge is 0.254 e. The van der Waals surface area contributed by atoms with Crippen molar-refractivity contribution in [3.8, 4) is 0 Å². The van der Waals surface area contributed by atoms with Gasteiger partial charge >= 0.3 is 0 Å². The molecule has 1 amide bonds. The predicted octanol–water partition coefficient (Wildman–Crippen LogP) is 0.668. The van der Waals surface area contributed by atoms with E-state index in [9.17, 15) is 13.6 Å². The Labute approximate surface area is 110 Å². The maximum atomic E-state index is 13.2. The van der Waals surface area contributed by atoms with Crippen LogP contribution in [0.1, 0.15) is 10.4 Å². The highest BCUT2D eigenvalue weighted by Gasteiger charge is 2.15. The molecule has 7 heteroatoms. The van der Waals surface area contributed by atoms with Crippen LogP contribution in [0.3, 0.4) is 0 Å². The lowest BCUT2D eigenvalue weighted by Gasteiger charge is -2.10. The van der Waals surface area contributed by atoms with E-state index in [4.69, 9.17) is 4.74 Å². The summed E-state index contributed by atoms with van der Waals surface area (Å²) in [6.07, 6.45) is 1.04. The second-order valence-electron chi connectivity index (χ2n) is 4.13. The summed E-state index contributed by atoms with van der Waals surface area (Å²) < 4.78 is 31.3. The van der Waals surface area contributed by atoms with Crippen molar-refractivity contribution in [1.29, 1.82) is 0 Å². The summed E-state index contributed by atoms with van der Waals surface area (Å²) in [4.78, 5) is 16.6. The molecule has 0 saturated carbocycles. The zero-order valence-corrected chi connectivity index (χ0v) is 10.9. The van der Waals surface area contributed by atoms with E-state index < -0.39 is 17.7 Å². The molecule has 0 saturated heterocycles. The molecular formula is C12H17F2N3O2. The number of halogens is 2. The van der Waals surface area contributed by atoms with Crippen molar-refractivity contribution < 1.29 is 18.3 Å². The number of pyridine rings is 1. The van der Waals surface area contributed by atoms with E-state index in [0.717, 1.165) is 18.8 Å². The van der Waals surface area contributed by atoms with Crippen LogP contribution in [0.2, 0.25) is 0 Å². The van der Waals surface area contributed by atoms with Crippen LogP contribution in [0.5, 0.6) is 0 Å². The summed E-state index contributed by atoms with van der Waals surface area (Å²) >= 11 is 0. The van der Waals surface area contributed by atoms with E-state index in [1.165, 1.54) is 0 Å². The van der Waals surface area contributed by atoms with Crippen LogP contribution in [0.15, 0.2) is 12.3 Å². The molecular weight excluding hydrogens is 256 g/mol. The van der Waals surface area contributed by atoms with Gasteiger partial charge in [0.05, 0.1) is 18.8 Å². The molecule has 0 atom stereocenters. The molecule has 0 fully saturated rings. The Morgan fingerprint density at radius 1 is 1.42 bits per heavy atom. The molecule has 0 bridgehead atoms. The van der Waals surface area contributed by atoms with E-state index in [2.05, 4.69) is 10.3 Å². The zero-order chi connectivity index (χ0) is 14.3. The first-order chi connectivity index (χ1) is 9.02. The van der Waals surface area contributed by atoms with Crippen LogP contribution >= 0.6 is 0 Å². The maximum absolute atomic E-state index is 13.2. The van der Waals surface area contributed by atoms with Gasteiger partial charge in [0.1, 0.15) is 0 Å². The second kappa shape index (κ2) is 7.75. The first kappa shape index (κ1) is 15.5. The molecule has 1 aromatic rings. The number of ether oxygens (including phenoxy) is 1. The molecule has 5 nitrogen and oxygen atoms in total. The summed E-state index contributed by atoms with van der Waals surface area (Å²) in [5.74, 6) is -3.21. The van der Waals surface area contributed by atoms with Crippen LogP contribution in [0.25, 0.3) is 0 Å². The van der Waals surface area contributed by atoms with Crippen molar-refractivity contribution in [2.24, 2.45) is 0 Å². The molecule has 1 rings (SSSR count). The number of carbonyl (C=O) groups is 1. The van der Waals surface area contributed by atoms with Gasteiger partial charge in [0.25, 0.3) is 5.91 Å². The van der Waals surface area contributed by atoms with E-state index in [0.29, 0.717) is 13.2 Å². The highest BCUT2D eigenvalue weighted by molar-refractivity contribution is 5.94. The number of likely N-dealkylation sites (N-methyl/N-ethyl adjacent to an activating group) is 1. The topological polar surface area (TPSA) is 54.5 Å². The van der Waals surface area contributed by atoms with Crippen molar-refractivity contribution in [3.63, 3.8) is 0 Å². The molecule has 0 radical (unpaired) electrons. The first-order valence-corrected chi connectivity index (χ1v) is 5.83. The van der Waals surface area contributed by atoms with Crippen molar-refractivity contribution in [2.75, 3.05) is 40.4 Å². The molecule has 0 aliphatic carbocycles. The van der Waals surface area contributed by atoms with Crippen LogP contribution in [-0.4, -0.2) is 56.2 Å². The third-order valence-corrected chi connectivity index (χ3v) is 2.31. The molecule has 0 spiro atoms. The fourth-order valence-electron chi connectivity index (χ4n) is 1.27. The van der Waals surface area contributed by atoms with Crippen molar-refractivity contribution in [3.05, 3.63) is 29.6 Å². The molecule has 0 aromatic carbocycles. The second-order valence-corrected chi connectivity index (χ2v) is 4.13. The molecule has 1 aromatic heterocycles. The average Bonchev–Trinajstić information content (AvgIpc) is 2.36. The lowest BCUT2D eigenvalue weighted by atomic mass is 10.2. The monoisotopic (exact) mass is 273 g/mol. The molecule has 19 heavy (non-hydrogen) atoms. The van der Waals surface area contributed by atoms with E-state index in [1.54, 1.807) is 0 Å². The van der Waals surface area contributed by atoms with Gasteiger partial charge < -0.3 is 15.0 Å². The Hall–Kier alpha value is -1.60. The fraction of sp³-hybridized carbons (Fsp3) is 0.500. The summed E-state index contributed by atoms with van der Waals surface area (Å²) in [5.41, 5.74) is -0.360. The third kappa shape index (κ3) is 5.27. The van der Waals surface area contributed by atoms with Crippen LogP contribution < -0.4 is 5.32 Å². The third-order valence-electron chi connectivity index (χ3n) is 2.31. The molecule has 1 heterocycles. The highest BCUT2D eigenvalue weighted by Crippen LogP contribution is 2.08. The van der Waals surface area contributed by atoms with Crippen molar-refractivity contribution >= 4 is 5.91 Å². The summed E-state index contributed by atoms with van der Waals surface area (Å²) in [6, 6.07) is 1.13. The SMILES string of the molecule is CN(C)CCOCCNC(=O)c1ccnc(F)c1F. The quantitative estimate of drug-likeness (QED) is 0.586. The number of aromatic nitrogens is 1. The largest absolute Gasteiger partial charge is 0.378 e. The molecule has 106 valence electrons. The zero-order valence-electron chi connectivity index (χ0n) is 10.9. The number of carbonyl (C=O) groups excluding carboxylic acids is 1. The molecule has 0 aliphatic heterocycles. The Morgan fingerprint density at radius 3 is 2.84 bits per heavy atom. The van der Waals surface area contributed by atoms with Gasteiger partial charge in [0, 0.05) is 19.3 Å². The van der Waals surface area contributed by atoms with E-state index in [-0.39, 0.29) is 12.1 Å². The van der Waals surface area contributed by atoms with E-state index in [1.807, 2.05) is 19.0 Å². The maximum Gasteiger partial charge on any atom is 0.254 e. The van der Waals surface area contributed by atoms with Gasteiger partial charge in [-0.1, -0.05) is 0 Å². The van der Waals surface area contributed by atoms with Gasteiger partial charge in [-0.2, -0.15) is 4.39 Å². The predicted molar refractivity (Wildman–Crippen MR) is 65.9 cm³/mol. The average molecular weight is 273 g/mol. The Morgan fingerprint density at radius 2 is 2.16 bits per heavy atom. The fourth-order valence-corrected chi connectivity index (χ4v) is 1.27. The summed E-state index contributed by atoms with van der Waals surface area (Å²) in [7, 11) is 3.85. The van der Waals surface area contributed by atoms with Crippen molar-refractivity contribution in [2.45, 2.75) is 0 Å². The number of hydrogen-bond acceptors (Lipinski definition) is 4. The minimum absolute atomic E-state index is 0.232. The van der Waals surface area contributed by atoms with Gasteiger partial charge in [0.2, 0.25) is 5.95 Å². The number of nitrogens with zero attached hydrogens (tertiary/aromatic N) is 2. The lowest BCUT2D eigenvalue weighted by molar-refractivity contribution is 0.0895. The summed E-state index contributed by atoms with van der Waals surface area (Å²) in [6.45, 7) is 1.86. The van der Waals surface area contributed by atoms with Gasteiger partial charge in [-0.3, -0.25) is 4.79 Å².